The van der Waals surface area contributed by atoms with Gasteiger partial charge in [0.05, 0.1) is 5.75 Å². The van der Waals surface area contributed by atoms with Crippen LogP contribution in [0.2, 0.25) is 0 Å². The highest BCUT2D eigenvalue weighted by molar-refractivity contribution is 7.99. The molecule has 3 aromatic rings. The lowest BCUT2D eigenvalue weighted by Gasteiger charge is -2.14. The Morgan fingerprint density at radius 3 is 2.32 bits per heavy atom. The van der Waals surface area contributed by atoms with E-state index in [9.17, 15) is 4.79 Å². The van der Waals surface area contributed by atoms with Crippen molar-refractivity contribution in [3.05, 3.63) is 59.2 Å². The molecule has 0 unspecified atom stereocenters. The Bertz CT molecular complexity index is 943. The highest BCUT2D eigenvalue weighted by Crippen LogP contribution is 2.25. The first-order valence-corrected chi connectivity index (χ1v) is 10.3. The van der Waals surface area contributed by atoms with E-state index in [1.165, 1.54) is 16.4 Å². The lowest BCUT2D eigenvalue weighted by molar-refractivity contribution is -0.113. The maximum absolute atomic E-state index is 12.5. The van der Waals surface area contributed by atoms with Crippen LogP contribution < -0.4 is 11.2 Å². The summed E-state index contributed by atoms with van der Waals surface area (Å²) in [5.74, 6) is 6.85. The molecule has 1 heterocycles. The lowest BCUT2D eigenvalue weighted by atomic mass is 10.0. The van der Waals surface area contributed by atoms with Crippen molar-refractivity contribution in [3.8, 4) is 11.4 Å². The minimum Gasteiger partial charge on any atom is -0.335 e. The van der Waals surface area contributed by atoms with E-state index in [-0.39, 0.29) is 11.7 Å². The third-order valence-corrected chi connectivity index (χ3v) is 5.51. The van der Waals surface area contributed by atoms with Gasteiger partial charge in [0.15, 0.2) is 5.82 Å². The number of hydrogen-bond donors (Lipinski definition) is 2. The maximum atomic E-state index is 12.5. The third kappa shape index (κ3) is 4.36. The van der Waals surface area contributed by atoms with E-state index in [2.05, 4.69) is 29.4 Å². The predicted molar refractivity (Wildman–Crippen MR) is 115 cm³/mol. The fraction of sp³-hybridized carbons (Fsp3) is 0.286. The Morgan fingerprint density at radius 1 is 1.07 bits per heavy atom. The number of para-hydroxylation sites is 1. The van der Waals surface area contributed by atoms with Crippen LogP contribution >= 0.6 is 11.8 Å². The van der Waals surface area contributed by atoms with Gasteiger partial charge in [-0.3, -0.25) is 4.79 Å². The van der Waals surface area contributed by atoms with Crippen molar-refractivity contribution in [1.82, 2.24) is 14.9 Å². The van der Waals surface area contributed by atoms with Gasteiger partial charge in [0.2, 0.25) is 11.1 Å². The standard InChI is InChI=1S/C21H25N5OS/c1-4-15-7-6-8-16(5-2)19(15)23-18(27)13-28-21-25-24-20(26(21)22)17-11-9-14(3)10-12-17/h6-12H,4-5,13,22H2,1-3H3,(H,23,27). The SMILES string of the molecule is CCc1cccc(CC)c1NC(=O)CSc1nnc(-c2ccc(C)cc2)n1N. The summed E-state index contributed by atoms with van der Waals surface area (Å²) in [4.78, 5) is 12.5. The van der Waals surface area contributed by atoms with Crippen molar-refractivity contribution in [2.45, 2.75) is 38.8 Å². The van der Waals surface area contributed by atoms with Crippen LogP contribution in [0.5, 0.6) is 0 Å². The van der Waals surface area contributed by atoms with E-state index in [0.29, 0.717) is 11.0 Å². The molecule has 0 aliphatic rings. The minimum absolute atomic E-state index is 0.0829. The second kappa shape index (κ2) is 8.93. The Hall–Kier alpha value is -2.80. The number of nitrogens with two attached hydrogens (primary N) is 1. The second-order valence-corrected chi connectivity index (χ2v) is 7.48. The van der Waals surface area contributed by atoms with Gasteiger partial charge in [-0.1, -0.05) is 73.6 Å². The zero-order valence-corrected chi connectivity index (χ0v) is 17.2. The number of hydrogen-bond acceptors (Lipinski definition) is 5. The number of nitrogens with one attached hydrogen (secondary N) is 1. The summed E-state index contributed by atoms with van der Waals surface area (Å²) in [5.41, 5.74) is 5.26. The van der Waals surface area contributed by atoms with Gasteiger partial charge in [0.1, 0.15) is 0 Å². The quantitative estimate of drug-likeness (QED) is 0.469. The number of thioether (sulfide) groups is 1. The van der Waals surface area contributed by atoms with Crippen LogP contribution in [0.3, 0.4) is 0 Å². The summed E-state index contributed by atoms with van der Waals surface area (Å²) in [5, 5.41) is 11.9. The average Bonchev–Trinajstić information content (AvgIpc) is 3.07. The van der Waals surface area contributed by atoms with E-state index >= 15 is 0 Å². The molecule has 146 valence electrons. The number of carbonyl (C=O) groups excluding carboxylic acids is 1. The van der Waals surface area contributed by atoms with Crippen LogP contribution in [0, 0.1) is 6.92 Å². The highest BCUT2D eigenvalue weighted by Gasteiger charge is 2.15. The molecule has 0 aliphatic heterocycles. The molecule has 0 radical (unpaired) electrons. The smallest absolute Gasteiger partial charge is 0.234 e. The van der Waals surface area contributed by atoms with Crippen LogP contribution in [0.4, 0.5) is 5.69 Å². The van der Waals surface area contributed by atoms with Crippen molar-refractivity contribution in [1.29, 1.82) is 0 Å². The molecule has 0 bridgehead atoms. The second-order valence-electron chi connectivity index (χ2n) is 6.54. The lowest BCUT2D eigenvalue weighted by Crippen LogP contribution is -2.18. The summed E-state index contributed by atoms with van der Waals surface area (Å²) < 4.78 is 1.43. The molecule has 0 spiro atoms. The Morgan fingerprint density at radius 2 is 1.71 bits per heavy atom. The number of aryl methyl sites for hydroxylation is 3. The van der Waals surface area contributed by atoms with Gasteiger partial charge in [-0.2, -0.15) is 0 Å². The average molecular weight is 396 g/mol. The van der Waals surface area contributed by atoms with Gasteiger partial charge in [-0.15, -0.1) is 10.2 Å². The van der Waals surface area contributed by atoms with E-state index in [1.807, 2.05) is 49.4 Å². The van der Waals surface area contributed by atoms with Gasteiger partial charge in [0.25, 0.3) is 0 Å². The number of nitrogen functional groups attached to an aromatic ring is 1. The van der Waals surface area contributed by atoms with Crippen molar-refractivity contribution in [2.24, 2.45) is 0 Å². The number of aromatic nitrogens is 3. The Balaban J connectivity index is 1.68. The first kappa shape index (κ1) is 19.9. The molecule has 0 aliphatic carbocycles. The van der Waals surface area contributed by atoms with Crippen LogP contribution in [0.1, 0.15) is 30.5 Å². The number of rotatable bonds is 7. The molecule has 3 N–H and O–H groups in total. The molecule has 7 heteroatoms. The van der Waals surface area contributed by atoms with Crippen LogP contribution in [-0.2, 0) is 17.6 Å². The monoisotopic (exact) mass is 395 g/mol. The van der Waals surface area contributed by atoms with Gasteiger partial charge in [0, 0.05) is 11.3 Å². The predicted octanol–water partition coefficient (Wildman–Crippen LogP) is 3.82. The largest absolute Gasteiger partial charge is 0.335 e. The molecule has 2 aromatic carbocycles. The summed E-state index contributed by atoms with van der Waals surface area (Å²) in [6.45, 7) is 6.20. The van der Waals surface area contributed by atoms with Gasteiger partial charge in [-0.05, 0) is 30.9 Å². The molecular weight excluding hydrogens is 370 g/mol. The summed E-state index contributed by atoms with van der Waals surface area (Å²) in [6, 6.07) is 14.0. The van der Waals surface area contributed by atoms with Crippen molar-refractivity contribution in [2.75, 3.05) is 16.9 Å². The maximum Gasteiger partial charge on any atom is 0.234 e. The van der Waals surface area contributed by atoms with E-state index in [0.717, 1.165) is 40.8 Å². The number of nitrogens with zero attached hydrogens (tertiary/aromatic N) is 3. The zero-order valence-electron chi connectivity index (χ0n) is 16.4. The first-order valence-electron chi connectivity index (χ1n) is 9.34. The summed E-state index contributed by atoms with van der Waals surface area (Å²) >= 11 is 1.27. The van der Waals surface area contributed by atoms with Crippen molar-refractivity contribution in [3.63, 3.8) is 0 Å². The Labute approximate surface area is 169 Å². The molecule has 0 saturated heterocycles. The summed E-state index contributed by atoms with van der Waals surface area (Å²) in [6.07, 6.45) is 1.74. The van der Waals surface area contributed by atoms with Gasteiger partial charge < -0.3 is 11.2 Å². The topological polar surface area (TPSA) is 85.8 Å². The third-order valence-electron chi connectivity index (χ3n) is 4.57. The molecule has 0 fully saturated rings. The number of anilines is 1. The highest BCUT2D eigenvalue weighted by atomic mass is 32.2. The molecule has 3 rings (SSSR count). The number of carbonyl (C=O) groups is 1. The van der Waals surface area contributed by atoms with E-state index in [4.69, 9.17) is 5.84 Å². The fourth-order valence-electron chi connectivity index (χ4n) is 2.98. The minimum atomic E-state index is -0.0829. The van der Waals surface area contributed by atoms with Crippen LogP contribution in [0.25, 0.3) is 11.4 Å². The molecule has 0 atom stereocenters. The van der Waals surface area contributed by atoms with Crippen LogP contribution in [-0.4, -0.2) is 26.5 Å². The van der Waals surface area contributed by atoms with E-state index < -0.39 is 0 Å². The van der Waals surface area contributed by atoms with Crippen molar-refractivity contribution < 1.29 is 4.79 Å². The number of amides is 1. The molecule has 6 nitrogen and oxygen atoms in total. The molecule has 1 aromatic heterocycles. The fourth-order valence-corrected chi connectivity index (χ4v) is 3.64. The number of benzene rings is 2. The summed E-state index contributed by atoms with van der Waals surface area (Å²) in [7, 11) is 0. The molecule has 1 amide bonds. The Kier molecular flexibility index (Phi) is 6.36. The zero-order chi connectivity index (χ0) is 20.1. The molecule has 0 saturated carbocycles. The molecular formula is C21H25N5OS. The molecule has 28 heavy (non-hydrogen) atoms. The van der Waals surface area contributed by atoms with Crippen LogP contribution in [0.15, 0.2) is 47.6 Å². The van der Waals surface area contributed by atoms with E-state index in [1.54, 1.807) is 0 Å². The van der Waals surface area contributed by atoms with Gasteiger partial charge in [-0.25, -0.2) is 4.68 Å². The van der Waals surface area contributed by atoms with Gasteiger partial charge >= 0.3 is 0 Å². The normalized spacial score (nSPS) is 10.8. The van der Waals surface area contributed by atoms with Crippen molar-refractivity contribution >= 4 is 23.4 Å². The first-order chi connectivity index (χ1) is 13.5.